The highest BCUT2D eigenvalue weighted by molar-refractivity contribution is 7.89. The van der Waals surface area contributed by atoms with Crippen molar-refractivity contribution in [1.82, 2.24) is 5.32 Å². The summed E-state index contributed by atoms with van der Waals surface area (Å²) < 4.78 is 34.6. The number of nitrogens with two attached hydrogens (primary N) is 1. The predicted octanol–water partition coefficient (Wildman–Crippen LogP) is 0.891. The van der Waals surface area contributed by atoms with Gasteiger partial charge in [0.1, 0.15) is 23.4 Å². The SMILES string of the molecule is CC(NCC(O)c1ccc(O)c(S(N)(=O)=O)c1)C1COc2ccccc2O1. The van der Waals surface area contributed by atoms with Crippen molar-refractivity contribution in [2.24, 2.45) is 5.14 Å². The van der Waals surface area contributed by atoms with Crippen molar-refractivity contribution in [3.05, 3.63) is 48.0 Å². The zero-order valence-electron chi connectivity index (χ0n) is 14.7. The van der Waals surface area contributed by atoms with Gasteiger partial charge in [0, 0.05) is 12.6 Å². The highest BCUT2D eigenvalue weighted by Gasteiger charge is 2.26. The monoisotopic (exact) mass is 394 g/mol. The average molecular weight is 394 g/mol. The second-order valence-electron chi connectivity index (χ2n) is 6.40. The number of hydrogen-bond donors (Lipinski definition) is 4. The van der Waals surface area contributed by atoms with E-state index in [9.17, 15) is 18.6 Å². The molecule has 0 saturated heterocycles. The number of aromatic hydroxyl groups is 1. The Morgan fingerprint density at radius 2 is 1.96 bits per heavy atom. The maximum Gasteiger partial charge on any atom is 0.241 e. The summed E-state index contributed by atoms with van der Waals surface area (Å²) in [7, 11) is -4.08. The normalized spacial score (nSPS) is 18.7. The molecule has 2 aromatic carbocycles. The molecule has 3 rings (SSSR count). The van der Waals surface area contributed by atoms with E-state index in [1.165, 1.54) is 12.1 Å². The molecular formula is C18H22N2O6S. The molecule has 2 aromatic rings. The van der Waals surface area contributed by atoms with E-state index in [0.717, 1.165) is 6.07 Å². The minimum absolute atomic E-state index is 0.136. The van der Waals surface area contributed by atoms with E-state index in [1.807, 2.05) is 31.2 Å². The Morgan fingerprint density at radius 3 is 2.67 bits per heavy atom. The number of aliphatic hydroxyl groups excluding tert-OH is 1. The molecule has 3 unspecified atom stereocenters. The van der Waals surface area contributed by atoms with E-state index in [-0.39, 0.29) is 18.7 Å². The molecule has 1 aliphatic heterocycles. The van der Waals surface area contributed by atoms with Crippen LogP contribution in [0, 0.1) is 0 Å². The van der Waals surface area contributed by atoms with Crippen molar-refractivity contribution in [2.75, 3.05) is 13.2 Å². The number of rotatable bonds is 6. The van der Waals surface area contributed by atoms with Gasteiger partial charge in [0.25, 0.3) is 0 Å². The van der Waals surface area contributed by atoms with Gasteiger partial charge in [-0.1, -0.05) is 18.2 Å². The minimum atomic E-state index is -4.08. The van der Waals surface area contributed by atoms with E-state index in [4.69, 9.17) is 14.6 Å². The number of aliphatic hydroxyl groups is 1. The number of hydrogen-bond acceptors (Lipinski definition) is 7. The molecule has 0 spiro atoms. The fourth-order valence-electron chi connectivity index (χ4n) is 2.79. The first-order valence-electron chi connectivity index (χ1n) is 8.41. The summed E-state index contributed by atoms with van der Waals surface area (Å²) in [5.41, 5.74) is 0.322. The topological polar surface area (TPSA) is 131 Å². The molecule has 1 aliphatic rings. The first-order chi connectivity index (χ1) is 12.8. The lowest BCUT2D eigenvalue weighted by molar-refractivity contribution is 0.0612. The fourth-order valence-corrected chi connectivity index (χ4v) is 3.45. The Hall–Kier alpha value is -2.33. The quantitative estimate of drug-likeness (QED) is 0.572. The van der Waals surface area contributed by atoms with Gasteiger partial charge in [0.15, 0.2) is 11.5 Å². The molecule has 0 saturated carbocycles. The van der Waals surface area contributed by atoms with Crippen LogP contribution in [0.15, 0.2) is 47.4 Å². The third-order valence-corrected chi connectivity index (χ3v) is 5.34. The number of primary sulfonamides is 1. The summed E-state index contributed by atoms with van der Waals surface area (Å²) in [6.07, 6.45) is -1.24. The molecular weight excluding hydrogens is 372 g/mol. The number of ether oxygens (including phenoxy) is 2. The maximum absolute atomic E-state index is 11.5. The lowest BCUT2D eigenvalue weighted by atomic mass is 10.1. The van der Waals surface area contributed by atoms with Crippen LogP contribution in [0.3, 0.4) is 0 Å². The minimum Gasteiger partial charge on any atom is -0.507 e. The first kappa shape index (κ1) is 19.4. The Labute approximate surface area is 157 Å². The lowest BCUT2D eigenvalue weighted by Gasteiger charge is -2.31. The third kappa shape index (κ3) is 4.51. The summed E-state index contributed by atoms with van der Waals surface area (Å²) in [5, 5.41) is 28.2. The second kappa shape index (κ2) is 7.73. The van der Waals surface area contributed by atoms with Gasteiger partial charge in [-0.3, -0.25) is 0 Å². The van der Waals surface area contributed by atoms with Gasteiger partial charge in [0.05, 0.1) is 6.10 Å². The zero-order chi connectivity index (χ0) is 19.6. The van der Waals surface area contributed by atoms with Crippen molar-refractivity contribution < 1.29 is 28.1 Å². The fraction of sp³-hybridized carbons (Fsp3) is 0.333. The maximum atomic E-state index is 11.5. The first-order valence-corrected chi connectivity index (χ1v) is 9.96. The number of fused-ring (bicyclic) bond motifs is 1. The molecule has 3 atom stereocenters. The lowest BCUT2D eigenvalue weighted by Crippen LogP contribution is -2.47. The van der Waals surface area contributed by atoms with Crippen LogP contribution in [-0.4, -0.2) is 43.9 Å². The molecule has 8 nitrogen and oxygen atoms in total. The summed E-state index contributed by atoms with van der Waals surface area (Å²) >= 11 is 0. The predicted molar refractivity (Wildman–Crippen MR) is 98.3 cm³/mol. The van der Waals surface area contributed by atoms with Gasteiger partial charge in [-0.15, -0.1) is 0 Å². The van der Waals surface area contributed by atoms with Gasteiger partial charge in [0.2, 0.25) is 10.0 Å². The summed E-state index contributed by atoms with van der Waals surface area (Å²) in [6, 6.07) is 11.1. The Bertz CT molecular complexity index is 918. The largest absolute Gasteiger partial charge is 0.507 e. The molecule has 27 heavy (non-hydrogen) atoms. The molecule has 0 aromatic heterocycles. The number of benzene rings is 2. The highest BCUT2D eigenvalue weighted by Crippen LogP contribution is 2.31. The van der Waals surface area contributed by atoms with E-state index >= 15 is 0 Å². The van der Waals surface area contributed by atoms with Crippen molar-refractivity contribution in [3.63, 3.8) is 0 Å². The van der Waals surface area contributed by atoms with Crippen molar-refractivity contribution in [2.45, 2.75) is 30.1 Å². The Balaban J connectivity index is 1.62. The van der Waals surface area contributed by atoms with E-state index in [0.29, 0.717) is 23.7 Å². The van der Waals surface area contributed by atoms with Crippen LogP contribution in [-0.2, 0) is 10.0 Å². The molecule has 0 amide bonds. The summed E-state index contributed by atoms with van der Waals surface area (Å²) in [4.78, 5) is -0.423. The average Bonchev–Trinajstić information content (AvgIpc) is 2.64. The highest BCUT2D eigenvalue weighted by atomic mass is 32.2. The van der Waals surface area contributed by atoms with E-state index in [1.54, 1.807) is 0 Å². The van der Waals surface area contributed by atoms with E-state index in [2.05, 4.69) is 5.32 Å². The van der Waals surface area contributed by atoms with Gasteiger partial charge < -0.3 is 25.0 Å². The molecule has 0 fully saturated rings. The molecule has 1 heterocycles. The van der Waals surface area contributed by atoms with Crippen molar-refractivity contribution in [1.29, 1.82) is 0 Å². The zero-order valence-corrected chi connectivity index (χ0v) is 15.5. The molecule has 0 bridgehead atoms. The molecule has 9 heteroatoms. The molecule has 0 aliphatic carbocycles. The number of nitrogens with one attached hydrogen (secondary N) is 1. The van der Waals surface area contributed by atoms with Crippen LogP contribution in [0.5, 0.6) is 17.2 Å². The number of phenols is 1. The van der Waals surface area contributed by atoms with Crippen molar-refractivity contribution in [3.8, 4) is 17.2 Å². The number of sulfonamides is 1. The smallest absolute Gasteiger partial charge is 0.241 e. The number of phenolic OH excluding ortho intramolecular Hbond substituents is 1. The van der Waals surface area contributed by atoms with Gasteiger partial charge in [-0.05, 0) is 36.8 Å². The Morgan fingerprint density at radius 1 is 1.26 bits per heavy atom. The van der Waals surface area contributed by atoms with Crippen LogP contribution in [0.1, 0.15) is 18.6 Å². The van der Waals surface area contributed by atoms with Crippen LogP contribution >= 0.6 is 0 Å². The third-order valence-electron chi connectivity index (χ3n) is 4.40. The van der Waals surface area contributed by atoms with Gasteiger partial charge >= 0.3 is 0 Å². The standard InChI is InChI=1S/C18H22N2O6S/c1-11(17-10-25-15-4-2-3-5-16(15)26-17)20-9-14(22)12-6-7-13(21)18(8-12)27(19,23)24/h2-8,11,14,17,20-22H,9-10H2,1H3,(H2,19,23,24). The van der Waals surface area contributed by atoms with Gasteiger partial charge in [-0.25, -0.2) is 13.6 Å². The van der Waals surface area contributed by atoms with E-state index < -0.39 is 26.8 Å². The Kier molecular flexibility index (Phi) is 5.56. The number of para-hydroxylation sites is 2. The summed E-state index contributed by atoms with van der Waals surface area (Å²) in [5.74, 6) is 0.904. The van der Waals surface area contributed by atoms with Crippen LogP contribution in [0.2, 0.25) is 0 Å². The van der Waals surface area contributed by atoms with Gasteiger partial charge in [-0.2, -0.15) is 0 Å². The second-order valence-corrected chi connectivity index (χ2v) is 7.93. The van der Waals surface area contributed by atoms with Crippen LogP contribution in [0.4, 0.5) is 0 Å². The molecule has 0 radical (unpaired) electrons. The van der Waals surface area contributed by atoms with Crippen LogP contribution in [0.25, 0.3) is 0 Å². The van der Waals surface area contributed by atoms with Crippen LogP contribution < -0.4 is 19.9 Å². The van der Waals surface area contributed by atoms with Crippen molar-refractivity contribution >= 4 is 10.0 Å². The molecule has 146 valence electrons. The molecule has 5 N–H and O–H groups in total. The summed E-state index contributed by atoms with van der Waals surface area (Å²) in [6.45, 7) is 2.43.